The second kappa shape index (κ2) is 9.52. The fraction of sp³-hybridized carbons (Fsp3) is 0.125. The highest BCUT2D eigenvalue weighted by Gasteiger charge is 2.16. The highest BCUT2D eigenvalue weighted by molar-refractivity contribution is 6.09. The Morgan fingerprint density at radius 2 is 1.47 bits per heavy atom. The van der Waals surface area contributed by atoms with E-state index in [2.05, 4.69) is 5.32 Å². The number of likely N-dealkylation sites (N-methyl/N-ethyl adjacent to an activating group) is 1. The molecule has 0 aliphatic rings. The van der Waals surface area contributed by atoms with Crippen molar-refractivity contribution in [2.45, 2.75) is 0 Å². The molecular formula is C24H22N2O4. The maximum Gasteiger partial charge on any atom is 0.254 e. The van der Waals surface area contributed by atoms with Gasteiger partial charge in [0.15, 0.2) is 5.78 Å². The highest BCUT2D eigenvalue weighted by Crippen LogP contribution is 2.17. The number of rotatable bonds is 7. The number of amides is 2. The van der Waals surface area contributed by atoms with E-state index in [9.17, 15) is 14.4 Å². The highest BCUT2D eigenvalue weighted by atomic mass is 16.5. The quantitative estimate of drug-likeness (QED) is 0.612. The van der Waals surface area contributed by atoms with Gasteiger partial charge in [0.1, 0.15) is 5.75 Å². The predicted octanol–water partition coefficient (Wildman–Crippen LogP) is 3.64. The van der Waals surface area contributed by atoms with Gasteiger partial charge < -0.3 is 15.0 Å². The van der Waals surface area contributed by atoms with Crippen LogP contribution >= 0.6 is 0 Å². The molecule has 0 bridgehead atoms. The fourth-order valence-corrected chi connectivity index (χ4v) is 2.93. The molecule has 0 aliphatic carbocycles. The number of carbonyl (C=O) groups is 3. The Morgan fingerprint density at radius 3 is 2.13 bits per heavy atom. The molecule has 0 radical (unpaired) electrons. The number of nitrogens with one attached hydrogen (secondary N) is 1. The Bertz CT molecular complexity index is 1050. The monoisotopic (exact) mass is 402 g/mol. The SMILES string of the molecule is COc1cccc(NC(=O)CN(C)C(=O)c2ccc(C(=O)c3ccccc3)cc2)c1. The van der Waals surface area contributed by atoms with Crippen LogP contribution in [0.25, 0.3) is 0 Å². The van der Waals surface area contributed by atoms with Crippen LogP contribution in [-0.2, 0) is 4.79 Å². The fourth-order valence-electron chi connectivity index (χ4n) is 2.93. The van der Waals surface area contributed by atoms with Crippen molar-refractivity contribution in [1.29, 1.82) is 0 Å². The lowest BCUT2D eigenvalue weighted by molar-refractivity contribution is -0.116. The first-order valence-electron chi connectivity index (χ1n) is 9.37. The van der Waals surface area contributed by atoms with Crippen molar-refractivity contribution in [3.05, 3.63) is 95.6 Å². The molecule has 6 heteroatoms. The molecule has 2 amide bonds. The summed E-state index contributed by atoms with van der Waals surface area (Å²) in [7, 11) is 3.10. The van der Waals surface area contributed by atoms with Gasteiger partial charge in [0.2, 0.25) is 5.91 Å². The van der Waals surface area contributed by atoms with Gasteiger partial charge in [-0.15, -0.1) is 0 Å². The van der Waals surface area contributed by atoms with E-state index in [1.807, 2.05) is 6.07 Å². The zero-order valence-corrected chi connectivity index (χ0v) is 16.8. The molecule has 6 nitrogen and oxygen atoms in total. The molecule has 3 aromatic carbocycles. The maximum atomic E-state index is 12.6. The number of ether oxygens (including phenoxy) is 1. The summed E-state index contributed by atoms with van der Waals surface area (Å²) in [5, 5.41) is 2.74. The molecule has 0 spiro atoms. The lowest BCUT2D eigenvalue weighted by Gasteiger charge is -2.17. The van der Waals surface area contributed by atoms with E-state index in [4.69, 9.17) is 4.74 Å². The number of carbonyl (C=O) groups excluding carboxylic acids is 3. The van der Waals surface area contributed by atoms with Crippen LogP contribution in [0.5, 0.6) is 5.75 Å². The van der Waals surface area contributed by atoms with Crippen LogP contribution in [-0.4, -0.2) is 43.2 Å². The average Bonchev–Trinajstić information content (AvgIpc) is 2.78. The lowest BCUT2D eigenvalue weighted by atomic mass is 10.0. The van der Waals surface area contributed by atoms with Gasteiger partial charge in [-0.05, 0) is 24.3 Å². The standard InChI is InChI=1S/C24H22N2O4/c1-26(16-22(27)25-20-9-6-10-21(15-20)30-2)24(29)19-13-11-18(12-14-19)23(28)17-7-4-3-5-8-17/h3-15H,16H2,1-2H3,(H,25,27). The van der Waals surface area contributed by atoms with Crippen LogP contribution < -0.4 is 10.1 Å². The number of anilines is 1. The molecule has 0 fully saturated rings. The van der Waals surface area contributed by atoms with Gasteiger partial charge in [-0.2, -0.15) is 0 Å². The van der Waals surface area contributed by atoms with Crippen LogP contribution in [0.1, 0.15) is 26.3 Å². The van der Waals surface area contributed by atoms with Crippen molar-refractivity contribution in [3.63, 3.8) is 0 Å². The molecule has 152 valence electrons. The van der Waals surface area contributed by atoms with Crippen molar-refractivity contribution in [2.24, 2.45) is 0 Å². The smallest absolute Gasteiger partial charge is 0.254 e. The molecule has 1 N–H and O–H groups in total. The third-order valence-corrected chi connectivity index (χ3v) is 4.51. The first kappa shape index (κ1) is 20.8. The van der Waals surface area contributed by atoms with E-state index >= 15 is 0 Å². The van der Waals surface area contributed by atoms with E-state index in [0.29, 0.717) is 28.1 Å². The van der Waals surface area contributed by atoms with Crippen molar-refractivity contribution >= 4 is 23.3 Å². The normalized spacial score (nSPS) is 10.2. The Labute approximate surface area is 175 Å². The molecule has 3 rings (SSSR count). The predicted molar refractivity (Wildman–Crippen MR) is 115 cm³/mol. The summed E-state index contributed by atoms with van der Waals surface area (Å²) in [5.74, 6) is -0.118. The van der Waals surface area contributed by atoms with E-state index < -0.39 is 0 Å². The molecule has 0 unspecified atom stereocenters. The van der Waals surface area contributed by atoms with E-state index in [1.54, 1.807) is 87.0 Å². The third kappa shape index (κ3) is 5.11. The van der Waals surface area contributed by atoms with Gasteiger partial charge in [-0.25, -0.2) is 0 Å². The first-order chi connectivity index (χ1) is 14.5. The van der Waals surface area contributed by atoms with Crippen LogP contribution in [0.4, 0.5) is 5.69 Å². The van der Waals surface area contributed by atoms with Crippen LogP contribution in [0.15, 0.2) is 78.9 Å². The number of hydrogen-bond donors (Lipinski definition) is 1. The Hall–Kier alpha value is -3.93. The zero-order valence-electron chi connectivity index (χ0n) is 16.8. The Kier molecular flexibility index (Phi) is 6.60. The van der Waals surface area contributed by atoms with Gasteiger partial charge in [-0.3, -0.25) is 14.4 Å². The second-order valence-corrected chi connectivity index (χ2v) is 6.71. The van der Waals surface area contributed by atoms with Crippen molar-refractivity contribution in [1.82, 2.24) is 4.90 Å². The molecule has 0 saturated heterocycles. The molecule has 0 aromatic heterocycles. The minimum absolute atomic E-state index is 0.110. The van der Waals surface area contributed by atoms with Crippen LogP contribution in [0, 0.1) is 0 Å². The number of benzene rings is 3. The summed E-state index contributed by atoms with van der Waals surface area (Å²) < 4.78 is 5.13. The van der Waals surface area contributed by atoms with E-state index in [-0.39, 0.29) is 24.1 Å². The molecule has 0 aliphatic heterocycles. The van der Waals surface area contributed by atoms with Crippen LogP contribution in [0.2, 0.25) is 0 Å². The molecule has 0 saturated carbocycles. The summed E-state index contributed by atoms with van der Waals surface area (Å²) in [5.41, 5.74) is 2.07. The first-order valence-corrected chi connectivity index (χ1v) is 9.37. The van der Waals surface area contributed by atoms with E-state index in [0.717, 1.165) is 0 Å². The zero-order chi connectivity index (χ0) is 21.5. The van der Waals surface area contributed by atoms with E-state index in [1.165, 1.54) is 4.90 Å². The molecule has 3 aromatic rings. The average molecular weight is 402 g/mol. The molecule has 0 atom stereocenters. The van der Waals surface area contributed by atoms with Gasteiger partial charge in [0, 0.05) is 35.5 Å². The lowest BCUT2D eigenvalue weighted by Crippen LogP contribution is -2.34. The minimum atomic E-state index is -0.324. The van der Waals surface area contributed by atoms with Gasteiger partial charge in [-0.1, -0.05) is 48.5 Å². The van der Waals surface area contributed by atoms with Crippen molar-refractivity contribution in [3.8, 4) is 5.75 Å². The van der Waals surface area contributed by atoms with Crippen LogP contribution in [0.3, 0.4) is 0 Å². The van der Waals surface area contributed by atoms with Crippen molar-refractivity contribution in [2.75, 3.05) is 26.0 Å². The Balaban J connectivity index is 1.61. The van der Waals surface area contributed by atoms with Crippen molar-refractivity contribution < 1.29 is 19.1 Å². The third-order valence-electron chi connectivity index (χ3n) is 4.51. The number of nitrogens with zero attached hydrogens (tertiary/aromatic N) is 1. The molecular weight excluding hydrogens is 380 g/mol. The summed E-state index contributed by atoms with van der Waals surface area (Å²) in [6.07, 6.45) is 0. The molecule has 0 heterocycles. The maximum absolute atomic E-state index is 12.6. The van der Waals surface area contributed by atoms with Gasteiger partial charge >= 0.3 is 0 Å². The van der Waals surface area contributed by atoms with Gasteiger partial charge in [0.05, 0.1) is 13.7 Å². The summed E-state index contributed by atoms with van der Waals surface area (Å²) in [6, 6.07) is 22.3. The minimum Gasteiger partial charge on any atom is -0.497 e. The second-order valence-electron chi connectivity index (χ2n) is 6.71. The topological polar surface area (TPSA) is 75.7 Å². The Morgan fingerprint density at radius 1 is 0.833 bits per heavy atom. The number of methoxy groups -OCH3 is 1. The van der Waals surface area contributed by atoms with Gasteiger partial charge in [0.25, 0.3) is 5.91 Å². The number of ketones is 1. The molecule has 30 heavy (non-hydrogen) atoms. The summed E-state index contributed by atoms with van der Waals surface area (Å²) in [6.45, 7) is -0.110. The summed E-state index contributed by atoms with van der Waals surface area (Å²) in [4.78, 5) is 38.7. The largest absolute Gasteiger partial charge is 0.497 e. The summed E-state index contributed by atoms with van der Waals surface area (Å²) >= 11 is 0. The number of hydrogen-bond acceptors (Lipinski definition) is 4.